The number of hydrogen-bond donors (Lipinski definition) is 1. The fourth-order valence-electron chi connectivity index (χ4n) is 1.72. The fourth-order valence-corrected chi connectivity index (χ4v) is 1.72. The Morgan fingerprint density at radius 1 is 1.17 bits per heavy atom. The third-order valence-corrected chi connectivity index (χ3v) is 2.68. The molecule has 0 aliphatic carbocycles. The van der Waals surface area contributed by atoms with Crippen LogP contribution in [-0.4, -0.2) is 4.98 Å². The van der Waals surface area contributed by atoms with Crippen LogP contribution < -0.4 is 5.32 Å². The van der Waals surface area contributed by atoms with E-state index in [4.69, 9.17) is 5.26 Å². The van der Waals surface area contributed by atoms with Crippen molar-refractivity contribution in [1.82, 2.24) is 4.98 Å². The van der Waals surface area contributed by atoms with E-state index in [0.717, 1.165) is 11.5 Å². The van der Waals surface area contributed by atoms with Gasteiger partial charge in [0.2, 0.25) is 0 Å². The molecule has 3 heteroatoms. The Hall–Kier alpha value is -2.34. The van der Waals surface area contributed by atoms with E-state index in [2.05, 4.69) is 47.6 Å². The van der Waals surface area contributed by atoms with Crippen LogP contribution in [0, 0.1) is 25.2 Å². The number of nitriles is 1. The fraction of sp³-hybridized carbons (Fsp3) is 0.200. The standard InChI is InChI=1S/C15H15N3/c1-11-3-5-13(6-4-11)10-17-15-8-14(9-16)7-12(2)18-15/h3-8H,10H2,1-2H3,(H,17,18). The van der Waals surface area contributed by atoms with Crippen LogP contribution in [0.3, 0.4) is 0 Å². The average Bonchev–Trinajstić information content (AvgIpc) is 2.37. The number of nitrogens with zero attached hydrogens (tertiary/aromatic N) is 2. The zero-order valence-corrected chi connectivity index (χ0v) is 10.6. The number of rotatable bonds is 3. The monoisotopic (exact) mass is 237 g/mol. The lowest BCUT2D eigenvalue weighted by Crippen LogP contribution is -2.02. The quantitative estimate of drug-likeness (QED) is 0.891. The van der Waals surface area contributed by atoms with Crippen LogP contribution >= 0.6 is 0 Å². The number of aromatic nitrogens is 1. The van der Waals surface area contributed by atoms with Gasteiger partial charge in [0.25, 0.3) is 0 Å². The highest BCUT2D eigenvalue weighted by Crippen LogP contribution is 2.11. The smallest absolute Gasteiger partial charge is 0.127 e. The normalized spacial score (nSPS) is 9.83. The lowest BCUT2D eigenvalue weighted by Gasteiger charge is -2.07. The summed E-state index contributed by atoms with van der Waals surface area (Å²) in [7, 11) is 0. The Kier molecular flexibility index (Phi) is 3.59. The predicted octanol–water partition coefficient (Wildman–Crippen LogP) is 3.18. The SMILES string of the molecule is Cc1ccc(CNc2cc(C#N)cc(C)n2)cc1. The first-order valence-corrected chi connectivity index (χ1v) is 5.85. The zero-order chi connectivity index (χ0) is 13.0. The molecule has 0 saturated heterocycles. The topological polar surface area (TPSA) is 48.7 Å². The van der Waals surface area contributed by atoms with E-state index in [9.17, 15) is 0 Å². The second kappa shape index (κ2) is 5.33. The van der Waals surface area contributed by atoms with Crippen LogP contribution in [0.2, 0.25) is 0 Å². The highest BCUT2D eigenvalue weighted by molar-refractivity contribution is 5.44. The van der Waals surface area contributed by atoms with Crippen LogP contribution in [0.5, 0.6) is 0 Å². The van der Waals surface area contributed by atoms with E-state index in [0.29, 0.717) is 12.1 Å². The van der Waals surface area contributed by atoms with Gasteiger partial charge < -0.3 is 5.32 Å². The molecule has 1 aromatic heterocycles. The van der Waals surface area contributed by atoms with Gasteiger partial charge in [0.1, 0.15) is 5.82 Å². The number of benzene rings is 1. The first-order valence-electron chi connectivity index (χ1n) is 5.85. The summed E-state index contributed by atoms with van der Waals surface area (Å²) in [5, 5.41) is 12.1. The first-order chi connectivity index (χ1) is 8.67. The molecule has 0 amide bonds. The Labute approximate surface area is 107 Å². The number of anilines is 1. The molecule has 18 heavy (non-hydrogen) atoms. The minimum atomic E-state index is 0.633. The van der Waals surface area contributed by atoms with Gasteiger partial charge >= 0.3 is 0 Å². The first kappa shape index (κ1) is 12.1. The highest BCUT2D eigenvalue weighted by atomic mass is 15.0. The molecule has 1 heterocycles. The van der Waals surface area contributed by atoms with Crippen molar-refractivity contribution < 1.29 is 0 Å². The third-order valence-electron chi connectivity index (χ3n) is 2.68. The molecule has 0 saturated carbocycles. The van der Waals surface area contributed by atoms with Gasteiger partial charge in [0, 0.05) is 12.2 Å². The van der Waals surface area contributed by atoms with Crippen molar-refractivity contribution >= 4 is 5.82 Å². The number of aryl methyl sites for hydroxylation is 2. The largest absolute Gasteiger partial charge is 0.366 e. The van der Waals surface area contributed by atoms with Gasteiger partial charge in [0.05, 0.1) is 11.6 Å². The van der Waals surface area contributed by atoms with Crippen LogP contribution in [0.15, 0.2) is 36.4 Å². The molecule has 0 bridgehead atoms. The Morgan fingerprint density at radius 2 is 1.89 bits per heavy atom. The molecule has 0 unspecified atom stereocenters. The summed E-state index contributed by atoms with van der Waals surface area (Å²) < 4.78 is 0. The van der Waals surface area contributed by atoms with Gasteiger partial charge in [-0.2, -0.15) is 5.26 Å². The van der Waals surface area contributed by atoms with E-state index < -0.39 is 0 Å². The van der Waals surface area contributed by atoms with Gasteiger partial charge in [-0.1, -0.05) is 29.8 Å². The molecular formula is C15H15N3. The number of nitrogens with one attached hydrogen (secondary N) is 1. The van der Waals surface area contributed by atoms with Gasteiger partial charge in [-0.3, -0.25) is 0 Å². The molecule has 3 nitrogen and oxygen atoms in total. The maximum atomic E-state index is 8.90. The Balaban J connectivity index is 2.08. The zero-order valence-electron chi connectivity index (χ0n) is 10.6. The minimum absolute atomic E-state index is 0.633. The van der Waals surface area contributed by atoms with E-state index in [1.807, 2.05) is 6.92 Å². The summed E-state index contributed by atoms with van der Waals surface area (Å²) in [5.74, 6) is 0.743. The van der Waals surface area contributed by atoms with Crippen molar-refractivity contribution in [2.75, 3.05) is 5.32 Å². The van der Waals surface area contributed by atoms with Crippen molar-refractivity contribution in [3.05, 3.63) is 58.8 Å². The Morgan fingerprint density at radius 3 is 2.56 bits per heavy atom. The maximum absolute atomic E-state index is 8.90. The molecular weight excluding hydrogens is 222 g/mol. The van der Waals surface area contributed by atoms with Gasteiger partial charge in [-0.15, -0.1) is 0 Å². The molecule has 0 aliphatic heterocycles. The van der Waals surface area contributed by atoms with E-state index >= 15 is 0 Å². The van der Waals surface area contributed by atoms with Crippen LogP contribution in [0.25, 0.3) is 0 Å². The van der Waals surface area contributed by atoms with Crippen LogP contribution in [0.1, 0.15) is 22.4 Å². The van der Waals surface area contributed by atoms with Crippen LogP contribution in [-0.2, 0) is 6.54 Å². The van der Waals surface area contributed by atoms with Gasteiger partial charge in [-0.25, -0.2) is 4.98 Å². The van der Waals surface area contributed by atoms with Crippen molar-refractivity contribution in [3.8, 4) is 6.07 Å². The molecule has 1 aromatic carbocycles. The summed E-state index contributed by atoms with van der Waals surface area (Å²) in [6.07, 6.45) is 0. The second-order valence-corrected chi connectivity index (χ2v) is 4.33. The second-order valence-electron chi connectivity index (χ2n) is 4.33. The molecule has 2 aromatic rings. The van der Waals surface area contributed by atoms with E-state index in [1.54, 1.807) is 12.1 Å². The number of hydrogen-bond acceptors (Lipinski definition) is 3. The van der Waals surface area contributed by atoms with E-state index in [1.165, 1.54) is 11.1 Å². The third kappa shape index (κ3) is 3.08. The molecule has 0 atom stereocenters. The summed E-state index contributed by atoms with van der Waals surface area (Å²) in [4.78, 5) is 4.35. The highest BCUT2D eigenvalue weighted by Gasteiger charge is 1.99. The lowest BCUT2D eigenvalue weighted by molar-refractivity contribution is 1.08. The average molecular weight is 237 g/mol. The van der Waals surface area contributed by atoms with Crippen molar-refractivity contribution in [2.24, 2.45) is 0 Å². The summed E-state index contributed by atoms with van der Waals surface area (Å²) in [5.41, 5.74) is 3.93. The summed E-state index contributed by atoms with van der Waals surface area (Å²) in [6, 6.07) is 14.0. The maximum Gasteiger partial charge on any atom is 0.127 e. The van der Waals surface area contributed by atoms with Gasteiger partial charge in [-0.05, 0) is 31.5 Å². The van der Waals surface area contributed by atoms with Gasteiger partial charge in [0.15, 0.2) is 0 Å². The molecule has 0 aliphatic rings. The molecule has 0 radical (unpaired) electrons. The summed E-state index contributed by atoms with van der Waals surface area (Å²) in [6.45, 7) is 4.66. The van der Waals surface area contributed by atoms with Crippen molar-refractivity contribution in [2.45, 2.75) is 20.4 Å². The molecule has 1 N–H and O–H groups in total. The Bertz CT molecular complexity index is 580. The lowest BCUT2D eigenvalue weighted by atomic mass is 10.1. The van der Waals surface area contributed by atoms with Crippen molar-refractivity contribution in [3.63, 3.8) is 0 Å². The molecule has 0 spiro atoms. The number of pyridine rings is 1. The van der Waals surface area contributed by atoms with Crippen LogP contribution in [0.4, 0.5) is 5.82 Å². The predicted molar refractivity (Wildman–Crippen MR) is 72.2 cm³/mol. The molecule has 0 fully saturated rings. The van der Waals surface area contributed by atoms with Crippen molar-refractivity contribution in [1.29, 1.82) is 5.26 Å². The summed E-state index contributed by atoms with van der Waals surface area (Å²) >= 11 is 0. The minimum Gasteiger partial charge on any atom is -0.366 e. The molecule has 90 valence electrons. The molecule has 2 rings (SSSR count). The van der Waals surface area contributed by atoms with E-state index in [-0.39, 0.29) is 0 Å².